The zero-order chi connectivity index (χ0) is 32.3. The number of carbonyl (C=O) groups is 4. The van der Waals surface area contributed by atoms with Gasteiger partial charge in [0, 0.05) is 50.2 Å². The van der Waals surface area contributed by atoms with Crippen molar-refractivity contribution in [2.24, 2.45) is 0 Å². The lowest BCUT2D eigenvalue weighted by Gasteiger charge is -2.27. The van der Waals surface area contributed by atoms with E-state index in [1.165, 1.54) is 5.56 Å². The van der Waals surface area contributed by atoms with Crippen LogP contribution >= 0.6 is 0 Å². The molecular formula is C35H37N7O5. The fourth-order valence-corrected chi connectivity index (χ4v) is 6.64. The molecule has 7 rings (SSSR count). The molecule has 2 aromatic carbocycles. The second kappa shape index (κ2) is 13.4. The Morgan fingerprint density at radius 2 is 1.70 bits per heavy atom. The molecule has 0 saturated carbocycles. The Labute approximate surface area is 271 Å². The van der Waals surface area contributed by atoms with E-state index in [1.54, 1.807) is 18.2 Å². The first-order valence-electron chi connectivity index (χ1n) is 16.4. The Hall–Kier alpha value is -4.97. The lowest BCUT2D eigenvalue weighted by Crippen LogP contribution is -2.54. The Kier molecular flexibility index (Phi) is 8.75. The second-order valence-corrected chi connectivity index (χ2v) is 12.4. The molecule has 0 bridgehead atoms. The topological polar surface area (TPSA) is 148 Å². The van der Waals surface area contributed by atoms with Crippen LogP contribution in [0.5, 0.6) is 0 Å². The number of rotatable bonds is 11. The van der Waals surface area contributed by atoms with Gasteiger partial charge >= 0.3 is 0 Å². The summed E-state index contributed by atoms with van der Waals surface area (Å²) < 4.78 is 7.48. The van der Waals surface area contributed by atoms with E-state index < -0.39 is 29.7 Å². The molecule has 1 atom stereocenters. The molecule has 0 spiro atoms. The van der Waals surface area contributed by atoms with Crippen molar-refractivity contribution in [1.29, 1.82) is 0 Å². The average molecular weight is 636 g/mol. The van der Waals surface area contributed by atoms with Gasteiger partial charge < -0.3 is 10.1 Å². The van der Waals surface area contributed by atoms with Gasteiger partial charge in [0.2, 0.25) is 11.8 Å². The molecule has 2 aromatic heterocycles. The zero-order valence-corrected chi connectivity index (χ0v) is 26.1. The van der Waals surface area contributed by atoms with Crippen LogP contribution in [0.25, 0.3) is 22.3 Å². The summed E-state index contributed by atoms with van der Waals surface area (Å²) in [5.41, 5.74) is 6.17. The molecule has 242 valence electrons. The number of unbranched alkanes of at least 4 members (excludes halogenated alkanes) is 3. The quantitative estimate of drug-likeness (QED) is 0.180. The maximum atomic E-state index is 13.0. The standard InChI is InChI=1S/C35H37N7O5/c43-32-10-9-31(33(44)40-32)42-34(45)26-7-6-25(18-27(26)35(42)46)36-13-3-1-2-4-14-41-21-24(19-38-41)30-20-37-28-8-5-23(17-29(28)39-30)22-11-15-47-16-12-22/h5-8,17-22,31,36H,1-4,9-16H2,(H,40,43,44). The number of aromatic nitrogens is 4. The van der Waals surface area contributed by atoms with Crippen molar-refractivity contribution >= 4 is 40.3 Å². The second-order valence-electron chi connectivity index (χ2n) is 12.4. The minimum absolute atomic E-state index is 0.0955. The highest BCUT2D eigenvalue weighted by atomic mass is 16.5. The lowest BCUT2D eigenvalue weighted by molar-refractivity contribution is -0.136. The fraction of sp³-hybridized carbons (Fsp3) is 0.400. The maximum absolute atomic E-state index is 13.0. The first-order chi connectivity index (χ1) is 22.9. The smallest absolute Gasteiger partial charge is 0.262 e. The van der Waals surface area contributed by atoms with E-state index in [4.69, 9.17) is 9.72 Å². The van der Waals surface area contributed by atoms with Gasteiger partial charge in [-0.05, 0) is 73.9 Å². The lowest BCUT2D eigenvalue weighted by atomic mass is 9.91. The van der Waals surface area contributed by atoms with Crippen LogP contribution in [0.15, 0.2) is 55.0 Å². The molecule has 3 aliphatic heterocycles. The van der Waals surface area contributed by atoms with Crippen molar-refractivity contribution in [3.05, 3.63) is 71.7 Å². The molecule has 12 nitrogen and oxygen atoms in total. The number of anilines is 1. The number of carbonyl (C=O) groups excluding carboxylic acids is 4. The summed E-state index contributed by atoms with van der Waals surface area (Å²) in [6, 6.07) is 10.5. The van der Waals surface area contributed by atoms with Crippen molar-refractivity contribution < 1.29 is 23.9 Å². The molecule has 1 unspecified atom stereocenters. The van der Waals surface area contributed by atoms with Gasteiger partial charge in [-0.3, -0.25) is 39.1 Å². The molecule has 47 heavy (non-hydrogen) atoms. The number of piperidine rings is 1. The van der Waals surface area contributed by atoms with E-state index in [0.29, 0.717) is 5.92 Å². The van der Waals surface area contributed by atoms with E-state index in [9.17, 15) is 19.2 Å². The SMILES string of the molecule is O=C1CCC(N2C(=O)c3ccc(NCCCCCCn4cc(-c5cnc6ccc(C7CCOCC7)cc6n5)cn4)cc3C2=O)C(=O)N1. The summed E-state index contributed by atoms with van der Waals surface area (Å²) in [6.45, 7) is 3.15. The number of benzene rings is 2. The van der Waals surface area contributed by atoms with Crippen LogP contribution in [0.2, 0.25) is 0 Å². The third-order valence-corrected chi connectivity index (χ3v) is 9.27. The van der Waals surface area contributed by atoms with Gasteiger partial charge in [-0.25, -0.2) is 4.98 Å². The predicted octanol–water partition coefficient (Wildman–Crippen LogP) is 4.46. The molecule has 2 N–H and O–H groups in total. The third kappa shape index (κ3) is 6.50. The summed E-state index contributed by atoms with van der Waals surface area (Å²) in [5.74, 6) is -1.50. The van der Waals surface area contributed by atoms with E-state index in [2.05, 4.69) is 38.9 Å². The van der Waals surface area contributed by atoms with Crippen LogP contribution in [0, 0.1) is 0 Å². The van der Waals surface area contributed by atoms with Crippen LogP contribution in [-0.2, 0) is 20.9 Å². The number of nitrogens with zero attached hydrogens (tertiary/aromatic N) is 5. The highest BCUT2D eigenvalue weighted by Gasteiger charge is 2.44. The van der Waals surface area contributed by atoms with E-state index in [0.717, 1.165) is 97.7 Å². The molecule has 0 aliphatic carbocycles. The summed E-state index contributed by atoms with van der Waals surface area (Å²) in [6.07, 6.45) is 12.0. The Balaban J connectivity index is 0.861. The molecule has 12 heteroatoms. The van der Waals surface area contributed by atoms with E-state index in [1.807, 2.05) is 23.3 Å². The van der Waals surface area contributed by atoms with Gasteiger partial charge in [0.1, 0.15) is 6.04 Å². The highest BCUT2D eigenvalue weighted by molar-refractivity contribution is 6.23. The Morgan fingerprint density at radius 1 is 0.872 bits per heavy atom. The largest absolute Gasteiger partial charge is 0.385 e. The minimum Gasteiger partial charge on any atom is -0.385 e. The number of aryl methyl sites for hydroxylation is 1. The van der Waals surface area contributed by atoms with Gasteiger partial charge in [-0.15, -0.1) is 0 Å². The van der Waals surface area contributed by atoms with Gasteiger partial charge in [-0.2, -0.15) is 5.10 Å². The van der Waals surface area contributed by atoms with Gasteiger partial charge in [0.05, 0.1) is 40.2 Å². The van der Waals surface area contributed by atoms with Crippen LogP contribution in [0.4, 0.5) is 5.69 Å². The molecule has 0 radical (unpaired) electrons. The third-order valence-electron chi connectivity index (χ3n) is 9.27. The molecule has 2 saturated heterocycles. The number of ether oxygens (including phenoxy) is 1. The van der Waals surface area contributed by atoms with E-state index in [-0.39, 0.29) is 24.0 Å². The molecule has 5 heterocycles. The Morgan fingerprint density at radius 3 is 2.55 bits per heavy atom. The first kappa shape index (κ1) is 30.7. The summed E-state index contributed by atoms with van der Waals surface area (Å²) in [4.78, 5) is 60.3. The Bertz CT molecular complexity index is 1850. The molecule has 4 amide bonds. The van der Waals surface area contributed by atoms with Crippen molar-refractivity contribution in [3.8, 4) is 11.3 Å². The molecular weight excluding hydrogens is 598 g/mol. The highest BCUT2D eigenvalue weighted by Crippen LogP contribution is 2.31. The number of imide groups is 2. The van der Waals surface area contributed by atoms with Gasteiger partial charge in [-0.1, -0.05) is 18.9 Å². The summed E-state index contributed by atoms with van der Waals surface area (Å²) in [5, 5.41) is 10.1. The number of fused-ring (bicyclic) bond motifs is 2. The maximum Gasteiger partial charge on any atom is 0.262 e. The van der Waals surface area contributed by atoms with Crippen LogP contribution in [0.3, 0.4) is 0 Å². The van der Waals surface area contributed by atoms with Crippen molar-refractivity contribution in [1.82, 2.24) is 30.0 Å². The van der Waals surface area contributed by atoms with Crippen LogP contribution in [0.1, 0.15) is 83.6 Å². The number of nitrogens with one attached hydrogen (secondary N) is 2. The van der Waals surface area contributed by atoms with Crippen molar-refractivity contribution in [3.63, 3.8) is 0 Å². The monoisotopic (exact) mass is 635 g/mol. The minimum atomic E-state index is -0.965. The number of hydrogen-bond acceptors (Lipinski definition) is 9. The summed E-state index contributed by atoms with van der Waals surface area (Å²) >= 11 is 0. The first-order valence-corrected chi connectivity index (χ1v) is 16.4. The van der Waals surface area contributed by atoms with Crippen molar-refractivity contribution in [2.45, 2.75) is 69.9 Å². The van der Waals surface area contributed by atoms with Crippen molar-refractivity contribution in [2.75, 3.05) is 25.1 Å². The predicted molar refractivity (Wildman–Crippen MR) is 174 cm³/mol. The normalized spacial score (nSPS) is 18.6. The number of hydrogen-bond donors (Lipinski definition) is 2. The molecule has 3 aliphatic rings. The number of amides is 4. The molecule has 2 fully saturated rings. The zero-order valence-electron chi connectivity index (χ0n) is 26.1. The van der Waals surface area contributed by atoms with Gasteiger partial charge in [0.15, 0.2) is 0 Å². The van der Waals surface area contributed by atoms with E-state index >= 15 is 0 Å². The van der Waals surface area contributed by atoms with Crippen LogP contribution in [-0.4, -0.2) is 74.1 Å². The van der Waals surface area contributed by atoms with Crippen LogP contribution < -0.4 is 10.6 Å². The fourth-order valence-electron chi connectivity index (χ4n) is 6.64. The summed E-state index contributed by atoms with van der Waals surface area (Å²) in [7, 11) is 0. The molecule has 4 aromatic rings. The average Bonchev–Trinajstić information content (AvgIpc) is 3.66. The van der Waals surface area contributed by atoms with Gasteiger partial charge in [0.25, 0.3) is 11.8 Å².